The molecule has 72 heavy (non-hydrogen) atoms. The van der Waals surface area contributed by atoms with Gasteiger partial charge in [-0.1, -0.05) is 148 Å². The molecule has 0 N–H and O–H groups in total. The fraction of sp³-hybridized carbons (Fsp3) is 0.273. The summed E-state index contributed by atoms with van der Waals surface area (Å²) in [6.45, 7) is 31.7. The van der Waals surface area contributed by atoms with Crippen LogP contribution in [0.25, 0.3) is 49.9 Å². The van der Waals surface area contributed by atoms with Crippen molar-refractivity contribution in [3.63, 3.8) is 0 Å². The maximum absolute atomic E-state index is 7.08. The first-order chi connectivity index (χ1) is 34.0. The van der Waals surface area contributed by atoms with E-state index in [2.05, 4.69) is 251 Å². The number of para-hydroxylation sites is 1. The fourth-order valence-corrected chi connectivity index (χ4v) is 10.5. The third-order valence-electron chi connectivity index (χ3n) is 14.5. The van der Waals surface area contributed by atoms with Gasteiger partial charge in [-0.05, 0) is 146 Å². The van der Waals surface area contributed by atoms with Gasteiger partial charge >= 0.3 is 0 Å². The Hall–Kier alpha value is -6.42. The smallest absolute Gasteiger partial charge is 0.135 e. The summed E-state index contributed by atoms with van der Waals surface area (Å²) in [7, 11) is 0. The molecule has 370 valence electrons. The topological polar surface area (TPSA) is 33.5 Å². The predicted octanol–water partition coefficient (Wildman–Crippen LogP) is 18.7. The van der Waals surface area contributed by atoms with Crippen molar-refractivity contribution in [1.82, 2.24) is 9.55 Å². The average molecular weight is 1130 g/mol. The second-order valence-corrected chi connectivity index (χ2v) is 21.9. The van der Waals surface area contributed by atoms with Gasteiger partial charge in [0.2, 0.25) is 0 Å². The van der Waals surface area contributed by atoms with Crippen LogP contribution < -0.4 is 14.5 Å². The molecule has 1 aliphatic heterocycles. The van der Waals surface area contributed by atoms with E-state index in [0.29, 0.717) is 35.2 Å². The molecule has 7 aromatic carbocycles. The van der Waals surface area contributed by atoms with Crippen molar-refractivity contribution < 1.29 is 25.8 Å². The molecule has 0 unspecified atom stereocenters. The van der Waals surface area contributed by atoms with Gasteiger partial charge in [0.05, 0.1) is 0 Å². The van der Waals surface area contributed by atoms with Crippen molar-refractivity contribution in [3.8, 4) is 39.6 Å². The Morgan fingerprint density at radius 1 is 0.542 bits per heavy atom. The van der Waals surface area contributed by atoms with E-state index in [4.69, 9.17) is 9.72 Å². The maximum Gasteiger partial charge on any atom is 0.135 e. The molecule has 10 rings (SSSR count). The van der Waals surface area contributed by atoms with Crippen molar-refractivity contribution in [2.24, 2.45) is 0 Å². The van der Waals surface area contributed by atoms with Crippen LogP contribution >= 0.6 is 0 Å². The maximum atomic E-state index is 7.08. The zero-order valence-electron chi connectivity index (χ0n) is 44.2. The molecule has 0 radical (unpaired) electrons. The quantitative estimate of drug-likeness (QED) is 0.121. The molecule has 9 aromatic rings. The van der Waals surface area contributed by atoms with E-state index in [0.717, 1.165) is 55.9 Å². The zero-order chi connectivity index (χ0) is 50.0. The molecule has 0 atom stereocenters. The second-order valence-electron chi connectivity index (χ2n) is 21.9. The van der Waals surface area contributed by atoms with Gasteiger partial charge in [0, 0.05) is 61.3 Å². The molecule has 1 aliphatic rings. The minimum absolute atomic E-state index is 0. The Morgan fingerprint density at radius 3 is 1.74 bits per heavy atom. The van der Waals surface area contributed by atoms with E-state index in [9.17, 15) is 0 Å². The van der Waals surface area contributed by atoms with Crippen molar-refractivity contribution in [1.29, 1.82) is 0 Å². The molecule has 0 bridgehead atoms. The summed E-state index contributed by atoms with van der Waals surface area (Å²) in [5.41, 5.74) is 20.1. The molecule has 6 heteroatoms. The Labute approximate surface area is 443 Å². The second kappa shape index (κ2) is 19.9. The number of nitrogens with zero attached hydrogens (tertiary/aromatic N) is 4. The molecule has 0 aliphatic carbocycles. The molecule has 0 spiro atoms. The van der Waals surface area contributed by atoms with Crippen LogP contribution in [0.3, 0.4) is 0 Å². The summed E-state index contributed by atoms with van der Waals surface area (Å²) in [5.74, 6) is 3.44. The van der Waals surface area contributed by atoms with E-state index in [1.54, 1.807) is 0 Å². The molecule has 2 aromatic heterocycles. The predicted molar refractivity (Wildman–Crippen MR) is 300 cm³/mol. The summed E-state index contributed by atoms with van der Waals surface area (Å²) in [6.07, 6.45) is 1.92. The van der Waals surface area contributed by atoms with Gasteiger partial charge in [-0.2, -0.15) is 6.07 Å². The van der Waals surface area contributed by atoms with E-state index in [-0.39, 0.29) is 26.5 Å². The number of benzene rings is 7. The number of hydrogen-bond acceptors (Lipinski definition) is 4. The number of anilines is 4. The van der Waals surface area contributed by atoms with E-state index < -0.39 is 0 Å². The van der Waals surface area contributed by atoms with Gasteiger partial charge in [0.15, 0.2) is 0 Å². The number of fused-ring (bicyclic) bond motifs is 4. The number of aryl methyl sites for hydroxylation is 2. The van der Waals surface area contributed by atoms with Crippen LogP contribution in [0.15, 0.2) is 140 Å². The molecule has 3 heterocycles. The third-order valence-corrected chi connectivity index (χ3v) is 14.5. The SMILES string of the molecule is Cc1cc2c(cc1C)N(c1cccc(-c3c(C(C)C)cccc3C(C)C)c1)[CH-]N2c1[c-]c(Oc2[c-]c3c(cc2)c2ccccc2n3-c2cc(C(C)(C)C)ccn2)cc(-c2c(C(C)C)cccc2C(C)C)c1.[Pt]. The van der Waals surface area contributed by atoms with Crippen LogP contribution in [0, 0.1) is 32.6 Å². The molecular formula is C66H67N4OPt-3. The van der Waals surface area contributed by atoms with E-state index in [1.165, 1.54) is 55.6 Å². The van der Waals surface area contributed by atoms with Crippen LogP contribution in [0.2, 0.25) is 0 Å². The molecule has 5 nitrogen and oxygen atoms in total. The van der Waals surface area contributed by atoms with Crippen molar-refractivity contribution in [2.75, 3.05) is 9.80 Å². The Kier molecular flexibility index (Phi) is 14.0. The number of hydrogen-bond donors (Lipinski definition) is 0. The summed E-state index contributed by atoms with van der Waals surface area (Å²) in [4.78, 5) is 9.59. The molecular weight excluding hydrogens is 1060 g/mol. The Balaban J connectivity index is 0.00000640. The van der Waals surface area contributed by atoms with Gasteiger partial charge in [0.1, 0.15) is 5.82 Å². The number of ether oxygens (including phenoxy) is 1. The first-order valence-corrected chi connectivity index (χ1v) is 25.6. The summed E-state index contributed by atoms with van der Waals surface area (Å²) < 4.78 is 9.31. The number of rotatable bonds is 11. The van der Waals surface area contributed by atoms with Crippen LogP contribution in [-0.2, 0) is 26.5 Å². The standard InChI is InChI=1S/C66H67N4O.Pt/c1-40(2)53-22-17-23-54(41(3)4)64(53)46-19-16-20-49(33-46)68-39-69(62-32-45(10)44(9)31-61(62)68)50-34-47(65-55(42(5)6)24-18-25-56(65)43(7)8)35-52(37-50)71-51-27-28-58-57-21-14-15-26-59(57)70(60(58)38-51)63-36-48(29-30-67-63)66(11,12)13;/h14-36,39-43H,1-13H3;/q-3;. The Bertz CT molecular complexity index is 3430. The largest absolute Gasteiger partial charge is 0.509 e. The van der Waals surface area contributed by atoms with Crippen LogP contribution in [0.4, 0.5) is 22.7 Å². The molecule has 0 saturated carbocycles. The third kappa shape index (κ3) is 9.30. The summed E-state index contributed by atoms with van der Waals surface area (Å²) in [6, 6.07) is 56.4. The van der Waals surface area contributed by atoms with Crippen molar-refractivity contribution in [3.05, 3.63) is 197 Å². The zero-order valence-corrected chi connectivity index (χ0v) is 46.5. The number of aromatic nitrogens is 2. The van der Waals surface area contributed by atoms with Crippen molar-refractivity contribution >= 4 is 44.6 Å². The Morgan fingerprint density at radius 2 is 1.12 bits per heavy atom. The molecule has 0 saturated heterocycles. The van der Waals surface area contributed by atoms with E-state index in [1.807, 2.05) is 12.3 Å². The number of pyridine rings is 1. The van der Waals surface area contributed by atoms with Gasteiger partial charge in [-0.15, -0.1) is 53.6 Å². The molecule has 0 amide bonds. The van der Waals surface area contributed by atoms with Gasteiger partial charge in [0.25, 0.3) is 0 Å². The van der Waals surface area contributed by atoms with Crippen molar-refractivity contribution in [2.45, 2.75) is 119 Å². The monoisotopic (exact) mass is 1130 g/mol. The van der Waals surface area contributed by atoms with Crippen LogP contribution in [0.1, 0.15) is 139 Å². The van der Waals surface area contributed by atoms with Crippen LogP contribution in [0.5, 0.6) is 11.5 Å². The van der Waals surface area contributed by atoms with Crippen LogP contribution in [-0.4, -0.2) is 9.55 Å². The summed E-state index contributed by atoms with van der Waals surface area (Å²) in [5, 5.41) is 2.23. The fourth-order valence-electron chi connectivity index (χ4n) is 10.5. The van der Waals surface area contributed by atoms with Gasteiger partial charge < -0.3 is 19.1 Å². The summed E-state index contributed by atoms with van der Waals surface area (Å²) >= 11 is 0. The average Bonchev–Trinajstić information content (AvgIpc) is 3.88. The van der Waals surface area contributed by atoms with Gasteiger partial charge in [-0.3, -0.25) is 0 Å². The molecule has 0 fully saturated rings. The minimum Gasteiger partial charge on any atom is -0.509 e. The van der Waals surface area contributed by atoms with E-state index >= 15 is 0 Å². The normalized spacial score (nSPS) is 12.8. The van der Waals surface area contributed by atoms with Gasteiger partial charge in [-0.25, -0.2) is 4.98 Å². The first-order valence-electron chi connectivity index (χ1n) is 25.6. The first kappa shape index (κ1) is 50.5. The minimum atomic E-state index is -0.0420.